The van der Waals surface area contributed by atoms with Crippen molar-refractivity contribution in [1.29, 1.82) is 0 Å². The van der Waals surface area contributed by atoms with Crippen LogP contribution < -0.4 is 22.0 Å². The summed E-state index contributed by atoms with van der Waals surface area (Å²) in [6.45, 7) is 2.12. The van der Waals surface area contributed by atoms with Gasteiger partial charge in [0.25, 0.3) is 0 Å². The van der Waals surface area contributed by atoms with Crippen LogP contribution in [-0.2, 0) is 14.2 Å². The number of hydrogen-bond donors (Lipinski definition) is 5. The van der Waals surface area contributed by atoms with E-state index in [2.05, 4.69) is 10.4 Å². The Hall–Kier alpha value is -1.12. The van der Waals surface area contributed by atoms with Gasteiger partial charge in [0.05, 0.1) is 6.61 Å². The lowest BCUT2D eigenvalue weighted by Crippen LogP contribution is -2.61. The summed E-state index contributed by atoms with van der Waals surface area (Å²) in [6.07, 6.45) is 1.46. The first-order valence-electron chi connectivity index (χ1n) is 6.84. The molecule has 0 radical (unpaired) electrons. The highest BCUT2D eigenvalue weighted by Crippen LogP contribution is 2.38. The molecule has 0 aromatic rings. The van der Waals surface area contributed by atoms with E-state index in [1.807, 2.05) is 6.92 Å². The predicted molar refractivity (Wildman–Crippen MR) is 77.0 cm³/mol. The number of rotatable bonds is 7. The van der Waals surface area contributed by atoms with Gasteiger partial charge in [0.2, 0.25) is 5.91 Å². The molecule has 3 atom stereocenters. The molecule has 10 heteroatoms. The second kappa shape index (κ2) is 7.77. The second-order valence-electron chi connectivity index (χ2n) is 4.98. The molecule has 0 spiro atoms. The average molecular weight is 320 g/mol. The van der Waals surface area contributed by atoms with Crippen molar-refractivity contribution in [2.45, 2.75) is 37.5 Å². The van der Waals surface area contributed by atoms with E-state index < -0.39 is 37.7 Å². The highest BCUT2D eigenvalue weighted by atomic mass is 31.1. The summed E-state index contributed by atoms with van der Waals surface area (Å²) in [5.41, 5.74) is 5.91. The van der Waals surface area contributed by atoms with Crippen LogP contribution in [0.3, 0.4) is 0 Å². The van der Waals surface area contributed by atoms with Crippen molar-refractivity contribution in [2.24, 2.45) is 11.6 Å². The number of hydrogen-bond acceptors (Lipinski definition) is 6. The monoisotopic (exact) mass is 320 g/mol. The number of aliphatic hydroxyl groups is 1. The Kier molecular flexibility index (Phi) is 6.63. The maximum Gasteiger partial charge on any atom is 0.465 e. The van der Waals surface area contributed by atoms with Crippen molar-refractivity contribution in [3.63, 3.8) is 0 Å². The summed E-state index contributed by atoms with van der Waals surface area (Å²) in [4.78, 5) is 23.8. The number of nitrogens with one attached hydrogen (secondary N) is 2. The van der Waals surface area contributed by atoms with Gasteiger partial charge in [-0.3, -0.25) is 20.3 Å². The third-order valence-electron chi connectivity index (χ3n) is 3.27. The summed E-state index contributed by atoms with van der Waals surface area (Å²) < 4.78 is 12.3. The van der Waals surface area contributed by atoms with Crippen molar-refractivity contribution in [3.05, 3.63) is 0 Å². The summed E-state index contributed by atoms with van der Waals surface area (Å²) in [6, 6.07) is -1.08. The Morgan fingerprint density at radius 1 is 1.62 bits per heavy atom. The lowest BCUT2D eigenvalue weighted by molar-refractivity contribution is -0.137. The molecule has 0 aromatic carbocycles. The zero-order chi connectivity index (χ0) is 16.0. The Morgan fingerprint density at radius 3 is 2.86 bits per heavy atom. The quantitative estimate of drug-likeness (QED) is 0.214. The van der Waals surface area contributed by atoms with Gasteiger partial charge in [0.15, 0.2) is 6.04 Å². The SMILES string of the molecule is CCCNC(=O)C(CO)N[P+](=O)[C@@]1(N)CCCN(N)C1=O. The largest absolute Gasteiger partial charge is 0.465 e. The average Bonchev–Trinajstić information content (AvgIpc) is 2.47. The molecule has 1 saturated heterocycles. The van der Waals surface area contributed by atoms with Crippen molar-refractivity contribution >= 4 is 19.8 Å². The molecular weight excluding hydrogens is 297 g/mol. The van der Waals surface area contributed by atoms with Gasteiger partial charge >= 0.3 is 19.1 Å². The number of carbonyl (C=O) groups is 2. The van der Waals surface area contributed by atoms with Crippen molar-refractivity contribution in [2.75, 3.05) is 19.7 Å². The molecule has 2 unspecified atom stereocenters. The number of amides is 2. The molecule has 1 heterocycles. The lowest BCUT2D eigenvalue weighted by atomic mass is 10.1. The van der Waals surface area contributed by atoms with E-state index in [0.29, 0.717) is 19.5 Å². The molecule has 0 aromatic heterocycles. The zero-order valence-corrected chi connectivity index (χ0v) is 12.9. The molecule has 120 valence electrons. The van der Waals surface area contributed by atoms with Crippen LogP contribution in [0.2, 0.25) is 0 Å². The number of hydrazine groups is 1. The second-order valence-corrected chi connectivity index (χ2v) is 6.62. The van der Waals surface area contributed by atoms with Crippen LogP contribution in [0.5, 0.6) is 0 Å². The van der Waals surface area contributed by atoms with Gasteiger partial charge in [0.1, 0.15) is 0 Å². The highest BCUT2D eigenvalue weighted by Gasteiger charge is 2.57. The van der Waals surface area contributed by atoms with Crippen LogP contribution in [0.25, 0.3) is 0 Å². The van der Waals surface area contributed by atoms with E-state index in [9.17, 15) is 19.3 Å². The normalized spacial score (nSPS) is 24.7. The topological polar surface area (TPSA) is 151 Å². The fourth-order valence-corrected chi connectivity index (χ4v) is 3.35. The van der Waals surface area contributed by atoms with Crippen LogP contribution in [0.4, 0.5) is 0 Å². The molecule has 1 rings (SSSR count). The van der Waals surface area contributed by atoms with Crippen LogP contribution in [0.15, 0.2) is 0 Å². The van der Waals surface area contributed by atoms with Gasteiger partial charge in [-0.15, -0.1) is 0 Å². The van der Waals surface area contributed by atoms with E-state index in [0.717, 1.165) is 11.4 Å². The summed E-state index contributed by atoms with van der Waals surface area (Å²) in [5.74, 6) is 4.38. The minimum atomic E-state index is -2.45. The first-order valence-corrected chi connectivity index (χ1v) is 8.10. The number of nitrogens with zero attached hydrogens (tertiary/aromatic N) is 1. The van der Waals surface area contributed by atoms with Gasteiger partial charge in [-0.1, -0.05) is 12.0 Å². The number of nitrogens with two attached hydrogens (primary N) is 2. The van der Waals surface area contributed by atoms with Gasteiger partial charge in [0, 0.05) is 19.5 Å². The van der Waals surface area contributed by atoms with E-state index in [1.165, 1.54) is 0 Å². The maximum atomic E-state index is 12.3. The van der Waals surface area contributed by atoms with E-state index in [1.54, 1.807) is 0 Å². The first-order chi connectivity index (χ1) is 9.86. The molecule has 21 heavy (non-hydrogen) atoms. The number of carbonyl (C=O) groups excluding carboxylic acids is 2. The molecule has 1 fully saturated rings. The molecule has 1 aliphatic heterocycles. The summed E-state index contributed by atoms with van der Waals surface area (Å²) in [7, 11) is -2.45. The molecule has 0 saturated carbocycles. The van der Waals surface area contributed by atoms with Crippen LogP contribution in [0.1, 0.15) is 26.2 Å². The Bertz CT molecular complexity index is 421. The van der Waals surface area contributed by atoms with Crippen LogP contribution >= 0.6 is 7.95 Å². The number of piperidine rings is 1. The predicted octanol–water partition coefficient (Wildman–Crippen LogP) is -1.64. The standard InChI is InChI=1S/C11H22N5O4P/c1-2-5-14-9(18)8(7-17)15-21(20)11(12)4-3-6-16(13)10(11)19/h8,17H,2-7,12-13H2,1H3,(H-,14,15,18,20)/p+1/t8?,11-/m0/s1. The molecule has 1 aliphatic rings. The molecule has 7 N–H and O–H groups in total. The molecule has 9 nitrogen and oxygen atoms in total. The Balaban J connectivity index is 2.73. The van der Waals surface area contributed by atoms with Crippen molar-refractivity contribution in [3.8, 4) is 0 Å². The fraction of sp³-hybridized carbons (Fsp3) is 0.818. The van der Waals surface area contributed by atoms with Gasteiger partial charge in [-0.2, -0.15) is 0 Å². The maximum absolute atomic E-state index is 12.3. The van der Waals surface area contributed by atoms with Gasteiger partial charge in [-0.05, 0) is 17.4 Å². The third kappa shape index (κ3) is 4.18. The smallest absolute Gasteiger partial charge is 0.394 e. The zero-order valence-electron chi connectivity index (χ0n) is 12.0. The highest BCUT2D eigenvalue weighted by molar-refractivity contribution is 7.45. The fourth-order valence-electron chi connectivity index (χ4n) is 1.97. The van der Waals surface area contributed by atoms with Crippen molar-refractivity contribution in [1.82, 2.24) is 15.4 Å². The van der Waals surface area contributed by atoms with Crippen LogP contribution in [0, 0.1) is 0 Å². The molecular formula is C11H23N5O4P+. The Morgan fingerprint density at radius 2 is 2.29 bits per heavy atom. The van der Waals surface area contributed by atoms with E-state index in [4.69, 9.17) is 11.6 Å². The van der Waals surface area contributed by atoms with E-state index in [-0.39, 0.29) is 6.42 Å². The third-order valence-corrected chi connectivity index (χ3v) is 4.96. The number of aliphatic hydroxyl groups excluding tert-OH is 1. The van der Waals surface area contributed by atoms with E-state index >= 15 is 0 Å². The first kappa shape index (κ1) is 17.9. The Labute approximate surface area is 124 Å². The molecule has 0 bridgehead atoms. The van der Waals surface area contributed by atoms with Crippen LogP contribution in [-0.4, -0.2) is 52.9 Å². The summed E-state index contributed by atoms with van der Waals surface area (Å²) >= 11 is 0. The molecule has 0 aliphatic carbocycles. The summed E-state index contributed by atoms with van der Waals surface area (Å²) in [5, 5.41) is 13.5. The van der Waals surface area contributed by atoms with Crippen molar-refractivity contribution < 1.29 is 19.3 Å². The minimum absolute atomic E-state index is 0.205. The lowest BCUT2D eigenvalue weighted by Gasteiger charge is -2.29. The van der Waals surface area contributed by atoms with Gasteiger partial charge < -0.3 is 10.4 Å². The van der Waals surface area contributed by atoms with Gasteiger partial charge in [-0.25, -0.2) is 5.84 Å². The molecule has 2 amide bonds. The minimum Gasteiger partial charge on any atom is -0.394 e.